The van der Waals surface area contributed by atoms with Crippen molar-refractivity contribution in [2.75, 3.05) is 0 Å². The number of ether oxygens (including phenoxy) is 1. The first kappa shape index (κ1) is 20.2. The van der Waals surface area contributed by atoms with E-state index in [2.05, 4.69) is 26.2 Å². The Balaban J connectivity index is 1.54. The van der Waals surface area contributed by atoms with Crippen molar-refractivity contribution < 1.29 is 19.1 Å². The monoisotopic (exact) mass is 421 g/mol. The summed E-state index contributed by atoms with van der Waals surface area (Å²) < 4.78 is 11.9. The van der Waals surface area contributed by atoms with Crippen LogP contribution < -0.4 is 4.74 Å². The normalized spacial score (nSPS) is 11.7. The summed E-state index contributed by atoms with van der Waals surface area (Å²) in [5, 5.41) is 13.0. The molecule has 2 aromatic heterocycles. The van der Waals surface area contributed by atoms with Gasteiger partial charge < -0.3 is 14.3 Å². The van der Waals surface area contributed by atoms with Gasteiger partial charge in [-0.25, -0.2) is 4.98 Å². The van der Waals surface area contributed by atoms with E-state index in [9.17, 15) is 4.79 Å². The Morgan fingerprint density at radius 2 is 1.90 bits per heavy atom. The Labute approximate surface area is 179 Å². The summed E-state index contributed by atoms with van der Waals surface area (Å²) in [5.41, 5.74) is 3.45. The highest BCUT2D eigenvalue weighted by Crippen LogP contribution is 2.34. The van der Waals surface area contributed by atoms with E-state index in [0.29, 0.717) is 12.4 Å². The van der Waals surface area contributed by atoms with E-state index in [0.717, 1.165) is 38.6 Å². The van der Waals surface area contributed by atoms with Crippen LogP contribution >= 0.6 is 11.3 Å². The zero-order chi connectivity index (χ0) is 21.3. The number of furan rings is 1. The maximum Gasteiger partial charge on any atom is 0.307 e. The zero-order valence-corrected chi connectivity index (χ0v) is 18.0. The SMILES string of the molecule is CC(C)(C)c1csc(-c2cc3cc(OCc4ccccc4CC(=O)O)ccc3o2)n1. The number of hydrogen-bond acceptors (Lipinski definition) is 5. The highest BCUT2D eigenvalue weighted by atomic mass is 32.1. The number of nitrogens with zero attached hydrogens (tertiary/aromatic N) is 1. The fourth-order valence-corrected chi connectivity index (χ4v) is 4.14. The largest absolute Gasteiger partial charge is 0.489 e. The second kappa shape index (κ2) is 7.95. The minimum Gasteiger partial charge on any atom is -0.489 e. The molecule has 5 nitrogen and oxygen atoms in total. The molecule has 30 heavy (non-hydrogen) atoms. The number of aliphatic carboxylic acids is 1. The first-order valence-corrected chi connectivity index (χ1v) is 10.6. The van der Waals surface area contributed by atoms with Crippen LogP contribution in [0.2, 0.25) is 0 Å². The quantitative estimate of drug-likeness (QED) is 0.410. The van der Waals surface area contributed by atoms with E-state index in [1.807, 2.05) is 48.5 Å². The molecule has 4 rings (SSSR count). The van der Waals surface area contributed by atoms with Crippen molar-refractivity contribution in [2.45, 2.75) is 39.2 Å². The zero-order valence-electron chi connectivity index (χ0n) is 17.1. The van der Waals surface area contributed by atoms with E-state index in [4.69, 9.17) is 19.2 Å². The molecule has 4 aromatic rings. The van der Waals surface area contributed by atoms with Crippen molar-refractivity contribution in [2.24, 2.45) is 0 Å². The second-order valence-electron chi connectivity index (χ2n) is 8.23. The summed E-state index contributed by atoms with van der Waals surface area (Å²) in [7, 11) is 0. The van der Waals surface area contributed by atoms with Gasteiger partial charge in [0.15, 0.2) is 10.8 Å². The summed E-state index contributed by atoms with van der Waals surface area (Å²) in [6.45, 7) is 6.73. The van der Waals surface area contributed by atoms with Gasteiger partial charge in [0.1, 0.15) is 17.9 Å². The molecule has 0 amide bonds. The third kappa shape index (κ3) is 4.39. The maximum atomic E-state index is 11.1. The molecule has 6 heteroatoms. The van der Waals surface area contributed by atoms with Crippen LogP contribution in [-0.4, -0.2) is 16.1 Å². The number of fused-ring (bicyclic) bond motifs is 1. The van der Waals surface area contributed by atoms with E-state index in [1.54, 1.807) is 11.3 Å². The molecule has 0 radical (unpaired) electrons. The average molecular weight is 422 g/mol. The summed E-state index contributed by atoms with van der Waals surface area (Å²) >= 11 is 1.58. The lowest BCUT2D eigenvalue weighted by molar-refractivity contribution is -0.136. The van der Waals surface area contributed by atoms with E-state index >= 15 is 0 Å². The third-order valence-corrected chi connectivity index (χ3v) is 5.68. The highest BCUT2D eigenvalue weighted by molar-refractivity contribution is 7.13. The summed E-state index contributed by atoms with van der Waals surface area (Å²) in [6, 6.07) is 15.1. The van der Waals surface area contributed by atoms with Crippen LogP contribution in [-0.2, 0) is 23.2 Å². The smallest absolute Gasteiger partial charge is 0.307 e. The molecule has 0 aliphatic carbocycles. The molecule has 0 bridgehead atoms. The number of carboxylic acids is 1. The van der Waals surface area contributed by atoms with Crippen LogP contribution in [0.1, 0.15) is 37.6 Å². The lowest BCUT2D eigenvalue weighted by Crippen LogP contribution is -2.11. The number of aromatic nitrogens is 1. The van der Waals surface area contributed by atoms with Crippen LogP contribution in [0.4, 0.5) is 0 Å². The van der Waals surface area contributed by atoms with Crippen LogP contribution in [0.3, 0.4) is 0 Å². The van der Waals surface area contributed by atoms with Crippen molar-refractivity contribution in [3.63, 3.8) is 0 Å². The van der Waals surface area contributed by atoms with Crippen LogP contribution in [0, 0.1) is 0 Å². The first-order chi connectivity index (χ1) is 14.3. The summed E-state index contributed by atoms with van der Waals surface area (Å²) in [4.78, 5) is 15.8. The molecule has 0 aliphatic heterocycles. The van der Waals surface area contributed by atoms with Gasteiger partial charge in [-0.15, -0.1) is 11.3 Å². The van der Waals surface area contributed by atoms with Crippen molar-refractivity contribution in [3.05, 3.63) is 70.7 Å². The van der Waals surface area contributed by atoms with Gasteiger partial charge >= 0.3 is 5.97 Å². The Kier molecular flexibility index (Phi) is 5.35. The Morgan fingerprint density at radius 3 is 2.60 bits per heavy atom. The molecule has 154 valence electrons. The van der Waals surface area contributed by atoms with E-state index < -0.39 is 5.97 Å². The minimum absolute atomic E-state index is 0.00128. The van der Waals surface area contributed by atoms with Gasteiger partial charge in [-0.05, 0) is 35.4 Å². The van der Waals surface area contributed by atoms with Gasteiger partial charge in [-0.2, -0.15) is 0 Å². The van der Waals surface area contributed by atoms with Crippen molar-refractivity contribution in [1.29, 1.82) is 0 Å². The highest BCUT2D eigenvalue weighted by Gasteiger charge is 2.19. The number of benzene rings is 2. The molecular formula is C24H23NO4S. The molecule has 1 N–H and O–H groups in total. The third-order valence-electron chi connectivity index (χ3n) is 4.83. The average Bonchev–Trinajstić information content (AvgIpc) is 3.33. The van der Waals surface area contributed by atoms with E-state index in [-0.39, 0.29) is 11.8 Å². The second-order valence-corrected chi connectivity index (χ2v) is 9.08. The van der Waals surface area contributed by atoms with Gasteiger partial charge in [0.2, 0.25) is 0 Å². The fraction of sp³-hybridized carbons (Fsp3) is 0.250. The van der Waals surface area contributed by atoms with Gasteiger partial charge in [0.05, 0.1) is 12.1 Å². The Morgan fingerprint density at radius 1 is 1.13 bits per heavy atom. The first-order valence-electron chi connectivity index (χ1n) is 9.71. The molecule has 0 unspecified atom stereocenters. The summed E-state index contributed by atoms with van der Waals surface area (Å²) in [6.07, 6.45) is -0.0198. The number of hydrogen-bond donors (Lipinski definition) is 1. The van der Waals surface area contributed by atoms with Crippen molar-refractivity contribution in [1.82, 2.24) is 4.98 Å². The molecule has 0 saturated heterocycles. The topological polar surface area (TPSA) is 72.6 Å². The molecule has 2 aromatic carbocycles. The standard InChI is InChI=1S/C24H23NO4S/c1-24(2,3)21-14-30-23(25-21)20-11-17-10-18(8-9-19(17)29-20)28-13-16-7-5-4-6-15(16)12-22(26)27/h4-11,14H,12-13H2,1-3H3,(H,26,27). The van der Waals surface area contributed by atoms with Crippen molar-refractivity contribution >= 4 is 28.3 Å². The van der Waals surface area contributed by atoms with Gasteiger partial charge in [0, 0.05) is 16.2 Å². The number of rotatable bonds is 6. The van der Waals surface area contributed by atoms with Crippen LogP contribution in [0.15, 0.2) is 58.3 Å². The molecule has 2 heterocycles. The van der Waals surface area contributed by atoms with Crippen molar-refractivity contribution in [3.8, 4) is 16.5 Å². The van der Waals surface area contributed by atoms with Gasteiger partial charge in [0.25, 0.3) is 0 Å². The van der Waals surface area contributed by atoms with E-state index in [1.165, 1.54) is 0 Å². The lowest BCUT2D eigenvalue weighted by Gasteiger charge is -2.13. The number of thiazole rings is 1. The predicted octanol–water partition coefficient (Wildman–Crippen LogP) is 6.06. The molecule has 0 saturated carbocycles. The van der Waals surface area contributed by atoms with Crippen LogP contribution in [0.5, 0.6) is 5.75 Å². The lowest BCUT2D eigenvalue weighted by atomic mass is 9.93. The Bertz CT molecular complexity index is 1200. The maximum absolute atomic E-state index is 11.1. The Hall–Kier alpha value is -3.12. The van der Waals surface area contributed by atoms with Gasteiger partial charge in [-0.3, -0.25) is 4.79 Å². The fourth-order valence-electron chi connectivity index (χ4n) is 3.14. The predicted molar refractivity (Wildman–Crippen MR) is 118 cm³/mol. The molecule has 0 fully saturated rings. The molecule has 0 atom stereocenters. The molecule has 0 spiro atoms. The minimum atomic E-state index is -0.855. The number of carboxylic acid groups (broad SMARTS) is 1. The number of carbonyl (C=O) groups is 1. The van der Waals surface area contributed by atoms with Gasteiger partial charge in [-0.1, -0.05) is 45.0 Å². The molecular weight excluding hydrogens is 398 g/mol. The van der Waals surface area contributed by atoms with Crippen LogP contribution in [0.25, 0.3) is 21.7 Å². The molecule has 0 aliphatic rings. The summed E-state index contributed by atoms with van der Waals surface area (Å²) in [5.74, 6) is 0.593.